The normalized spacial score (nSPS) is 14.0. The Morgan fingerprint density at radius 1 is 1.09 bits per heavy atom. The van der Waals surface area contributed by atoms with E-state index in [1.807, 2.05) is 6.07 Å². The lowest BCUT2D eigenvalue weighted by molar-refractivity contribution is 0.912. The molecule has 0 saturated heterocycles. The minimum Gasteiger partial charge on any atom is -0.370 e. The van der Waals surface area contributed by atoms with Gasteiger partial charge >= 0.3 is 0 Å². The minimum absolute atomic E-state index is 0.476. The maximum Gasteiger partial charge on any atom is 0.193 e. The predicted molar refractivity (Wildman–Crippen MR) is 93.2 cm³/mol. The van der Waals surface area contributed by atoms with Crippen LogP contribution in [0.3, 0.4) is 0 Å². The van der Waals surface area contributed by atoms with Crippen molar-refractivity contribution in [3.05, 3.63) is 64.7 Å². The molecule has 0 heterocycles. The van der Waals surface area contributed by atoms with Crippen LogP contribution in [0.5, 0.6) is 0 Å². The third-order valence-corrected chi connectivity index (χ3v) is 4.29. The average Bonchev–Trinajstić information content (AvgIpc) is 3.01. The van der Waals surface area contributed by atoms with Gasteiger partial charge in [0.1, 0.15) is 0 Å². The molecule has 0 amide bonds. The highest BCUT2D eigenvalue weighted by molar-refractivity contribution is 5.92. The summed E-state index contributed by atoms with van der Waals surface area (Å²) < 4.78 is 0. The zero-order chi connectivity index (χ0) is 15.4. The number of aryl methyl sites for hydroxylation is 3. The van der Waals surface area contributed by atoms with Gasteiger partial charge in [0.25, 0.3) is 0 Å². The highest BCUT2D eigenvalue weighted by atomic mass is 15.1. The van der Waals surface area contributed by atoms with Gasteiger partial charge in [0, 0.05) is 5.69 Å². The molecule has 1 aliphatic rings. The van der Waals surface area contributed by atoms with Gasteiger partial charge in [-0.25, -0.2) is 4.99 Å². The van der Waals surface area contributed by atoms with E-state index in [-0.39, 0.29) is 0 Å². The number of aliphatic imine (C=N–C) groups is 1. The molecular weight excluding hydrogens is 270 g/mol. The molecule has 0 atom stereocenters. The Bertz CT molecular complexity index is 689. The van der Waals surface area contributed by atoms with Crippen molar-refractivity contribution >= 4 is 11.6 Å². The summed E-state index contributed by atoms with van der Waals surface area (Å²) in [5.41, 5.74) is 12.5. The maximum absolute atomic E-state index is 6.03. The molecule has 3 N–H and O–H groups in total. The SMILES string of the molecule is CCc1ccccc1CN=C(N)Nc1ccc2c(c1)CCC2. The smallest absolute Gasteiger partial charge is 0.193 e. The van der Waals surface area contributed by atoms with Crippen molar-refractivity contribution in [2.45, 2.75) is 39.2 Å². The highest BCUT2D eigenvalue weighted by Gasteiger charge is 2.10. The number of anilines is 1. The lowest BCUT2D eigenvalue weighted by Crippen LogP contribution is -2.22. The number of rotatable bonds is 4. The molecule has 3 rings (SSSR count). The molecule has 22 heavy (non-hydrogen) atoms. The van der Waals surface area contributed by atoms with Gasteiger partial charge in [-0.1, -0.05) is 37.3 Å². The largest absolute Gasteiger partial charge is 0.370 e. The van der Waals surface area contributed by atoms with E-state index in [1.165, 1.54) is 41.5 Å². The van der Waals surface area contributed by atoms with Crippen LogP contribution in [0.4, 0.5) is 5.69 Å². The first-order valence-corrected chi connectivity index (χ1v) is 8.02. The Balaban J connectivity index is 1.67. The summed E-state index contributed by atoms with van der Waals surface area (Å²) in [6, 6.07) is 14.9. The number of fused-ring (bicyclic) bond motifs is 1. The Hall–Kier alpha value is -2.29. The van der Waals surface area contributed by atoms with Crippen LogP contribution in [0.15, 0.2) is 47.5 Å². The zero-order valence-electron chi connectivity index (χ0n) is 13.1. The van der Waals surface area contributed by atoms with E-state index in [0.717, 1.165) is 12.1 Å². The molecule has 0 saturated carbocycles. The highest BCUT2D eigenvalue weighted by Crippen LogP contribution is 2.24. The summed E-state index contributed by atoms with van der Waals surface area (Å²) in [4.78, 5) is 4.48. The zero-order valence-corrected chi connectivity index (χ0v) is 13.1. The monoisotopic (exact) mass is 293 g/mol. The van der Waals surface area contributed by atoms with Crippen molar-refractivity contribution in [1.82, 2.24) is 0 Å². The summed E-state index contributed by atoms with van der Waals surface area (Å²) in [5.74, 6) is 0.476. The number of hydrogen-bond acceptors (Lipinski definition) is 1. The Morgan fingerprint density at radius 2 is 1.86 bits per heavy atom. The third kappa shape index (κ3) is 3.30. The Labute approximate surface area is 132 Å². The Kier molecular flexibility index (Phi) is 4.42. The topological polar surface area (TPSA) is 50.4 Å². The molecule has 0 unspecified atom stereocenters. The molecule has 0 aliphatic heterocycles. The van der Waals surface area contributed by atoms with Crippen LogP contribution in [0.2, 0.25) is 0 Å². The fraction of sp³-hybridized carbons (Fsp3) is 0.316. The maximum atomic E-state index is 6.03. The first-order chi connectivity index (χ1) is 10.8. The third-order valence-electron chi connectivity index (χ3n) is 4.29. The number of hydrogen-bond donors (Lipinski definition) is 2. The summed E-state index contributed by atoms with van der Waals surface area (Å²) in [6.07, 6.45) is 4.65. The first-order valence-electron chi connectivity index (χ1n) is 8.02. The van der Waals surface area contributed by atoms with Crippen molar-refractivity contribution in [2.75, 3.05) is 5.32 Å². The predicted octanol–water partition coefficient (Wildman–Crippen LogP) is 3.66. The van der Waals surface area contributed by atoms with Crippen molar-refractivity contribution in [3.8, 4) is 0 Å². The second-order valence-electron chi connectivity index (χ2n) is 5.79. The quantitative estimate of drug-likeness (QED) is 0.667. The fourth-order valence-corrected chi connectivity index (χ4v) is 3.06. The molecule has 0 bridgehead atoms. The number of guanidine groups is 1. The van der Waals surface area contributed by atoms with E-state index in [0.29, 0.717) is 12.5 Å². The molecule has 2 aromatic rings. The number of benzene rings is 2. The van der Waals surface area contributed by atoms with Gasteiger partial charge in [0.15, 0.2) is 5.96 Å². The fourth-order valence-electron chi connectivity index (χ4n) is 3.06. The van der Waals surface area contributed by atoms with Gasteiger partial charge in [-0.05, 0) is 60.1 Å². The van der Waals surface area contributed by atoms with Gasteiger partial charge in [-0.3, -0.25) is 0 Å². The van der Waals surface area contributed by atoms with Crippen LogP contribution < -0.4 is 11.1 Å². The van der Waals surface area contributed by atoms with E-state index in [4.69, 9.17) is 5.73 Å². The summed E-state index contributed by atoms with van der Waals surface area (Å²) in [6.45, 7) is 2.78. The first kappa shape index (κ1) is 14.6. The molecule has 0 spiro atoms. The molecule has 0 radical (unpaired) electrons. The molecule has 1 aliphatic carbocycles. The molecule has 3 heteroatoms. The van der Waals surface area contributed by atoms with Crippen molar-refractivity contribution < 1.29 is 0 Å². The lowest BCUT2D eigenvalue weighted by atomic mass is 10.1. The molecule has 3 nitrogen and oxygen atoms in total. The van der Waals surface area contributed by atoms with E-state index in [2.05, 4.69) is 53.6 Å². The van der Waals surface area contributed by atoms with Crippen LogP contribution >= 0.6 is 0 Å². The van der Waals surface area contributed by atoms with E-state index >= 15 is 0 Å². The number of nitrogens with one attached hydrogen (secondary N) is 1. The van der Waals surface area contributed by atoms with Crippen LogP contribution in [-0.2, 0) is 25.8 Å². The minimum atomic E-state index is 0.476. The van der Waals surface area contributed by atoms with Crippen LogP contribution in [0.1, 0.15) is 35.6 Å². The van der Waals surface area contributed by atoms with Gasteiger partial charge < -0.3 is 11.1 Å². The second kappa shape index (κ2) is 6.65. The van der Waals surface area contributed by atoms with Crippen LogP contribution in [-0.4, -0.2) is 5.96 Å². The van der Waals surface area contributed by atoms with Gasteiger partial charge in [0.2, 0.25) is 0 Å². The molecule has 0 aromatic heterocycles. The standard InChI is InChI=1S/C19H23N3/c1-2-14-6-3-4-7-17(14)13-21-19(20)22-18-11-10-15-8-5-9-16(15)12-18/h3-4,6-7,10-12H,2,5,8-9,13H2,1H3,(H3,20,21,22). The molecule has 0 fully saturated rings. The van der Waals surface area contributed by atoms with Crippen LogP contribution in [0.25, 0.3) is 0 Å². The molecule has 114 valence electrons. The van der Waals surface area contributed by atoms with E-state index < -0.39 is 0 Å². The van der Waals surface area contributed by atoms with Crippen LogP contribution in [0, 0.1) is 0 Å². The van der Waals surface area contributed by atoms with Crippen molar-refractivity contribution in [2.24, 2.45) is 10.7 Å². The summed E-state index contributed by atoms with van der Waals surface area (Å²) in [5, 5.41) is 3.21. The molecular formula is C19H23N3. The van der Waals surface area contributed by atoms with E-state index in [1.54, 1.807) is 0 Å². The average molecular weight is 293 g/mol. The Morgan fingerprint density at radius 3 is 2.68 bits per heavy atom. The van der Waals surface area contributed by atoms with E-state index in [9.17, 15) is 0 Å². The number of nitrogens with zero attached hydrogens (tertiary/aromatic N) is 1. The van der Waals surface area contributed by atoms with Gasteiger partial charge in [-0.15, -0.1) is 0 Å². The number of nitrogens with two attached hydrogens (primary N) is 1. The van der Waals surface area contributed by atoms with Crippen molar-refractivity contribution in [1.29, 1.82) is 0 Å². The second-order valence-corrected chi connectivity index (χ2v) is 5.79. The van der Waals surface area contributed by atoms with Crippen molar-refractivity contribution in [3.63, 3.8) is 0 Å². The summed E-state index contributed by atoms with van der Waals surface area (Å²) in [7, 11) is 0. The molecule has 2 aromatic carbocycles. The lowest BCUT2D eigenvalue weighted by Gasteiger charge is -2.09. The van der Waals surface area contributed by atoms with Gasteiger partial charge in [0.05, 0.1) is 6.54 Å². The van der Waals surface area contributed by atoms with Gasteiger partial charge in [-0.2, -0.15) is 0 Å². The summed E-state index contributed by atoms with van der Waals surface area (Å²) >= 11 is 0.